The normalized spacial score (nSPS) is 15.0. The van der Waals surface area contributed by atoms with Crippen LogP contribution in [0.5, 0.6) is 0 Å². The Morgan fingerprint density at radius 2 is 1.56 bits per heavy atom. The molecule has 4 aromatic rings. The Bertz CT molecular complexity index is 1400. The van der Waals surface area contributed by atoms with E-state index >= 15 is 0 Å². The molecule has 7 heteroatoms. The number of carbonyl (C=O) groups is 1. The van der Waals surface area contributed by atoms with Crippen molar-refractivity contribution >= 4 is 39.4 Å². The molecule has 0 bridgehead atoms. The van der Waals surface area contributed by atoms with Crippen molar-refractivity contribution in [2.24, 2.45) is 0 Å². The maximum Gasteiger partial charge on any atom is 0.256 e. The second-order valence-electron chi connectivity index (χ2n) is 8.55. The average Bonchev–Trinajstić information content (AvgIpc) is 2.84. The fourth-order valence-electron chi connectivity index (χ4n) is 4.55. The lowest BCUT2D eigenvalue weighted by Gasteiger charge is -2.33. The summed E-state index contributed by atoms with van der Waals surface area (Å²) in [5, 5.41) is 16.0. The molecule has 8 N–H and O–H groups in total. The van der Waals surface area contributed by atoms with Crippen molar-refractivity contribution in [3.05, 3.63) is 83.9 Å². The van der Waals surface area contributed by atoms with Crippen molar-refractivity contribution in [3.8, 4) is 11.1 Å². The Morgan fingerprint density at radius 3 is 2.29 bits per heavy atom. The third kappa shape index (κ3) is 3.76. The van der Waals surface area contributed by atoms with Gasteiger partial charge in [-0.25, -0.2) is 0 Å². The summed E-state index contributed by atoms with van der Waals surface area (Å²) >= 11 is 0. The Balaban J connectivity index is 1.24. The lowest BCUT2D eigenvalue weighted by molar-refractivity contribution is 0.00484. The van der Waals surface area contributed by atoms with E-state index < -0.39 is 6.23 Å². The van der Waals surface area contributed by atoms with E-state index in [-0.39, 0.29) is 5.91 Å². The molecule has 172 valence electrons. The van der Waals surface area contributed by atoms with E-state index in [1.165, 1.54) is 4.90 Å². The van der Waals surface area contributed by atoms with Crippen LogP contribution in [-0.2, 0) is 0 Å². The van der Waals surface area contributed by atoms with Gasteiger partial charge in [0, 0.05) is 29.6 Å². The summed E-state index contributed by atoms with van der Waals surface area (Å²) < 4.78 is 0. The second-order valence-corrected chi connectivity index (χ2v) is 8.55. The number of benzene rings is 4. The molecular formula is C27H27N5O2. The molecule has 7 nitrogen and oxygen atoms in total. The molecule has 1 aliphatic rings. The Labute approximate surface area is 197 Å². The van der Waals surface area contributed by atoms with E-state index in [0.29, 0.717) is 42.1 Å². The van der Waals surface area contributed by atoms with Gasteiger partial charge in [-0.05, 0) is 53.3 Å². The lowest BCUT2D eigenvalue weighted by atomic mass is 9.93. The lowest BCUT2D eigenvalue weighted by Crippen LogP contribution is -2.39. The summed E-state index contributed by atoms with van der Waals surface area (Å²) in [7, 11) is 0. The van der Waals surface area contributed by atoms with Gasteiger partial charge in [0.2, 0.25) is 0 Å². The SMILES string of the molecule is Nc1ccc(-c2ccc(NCCCN3C(=O)c4cccc5cccc(c45)C3O)c(N)c2)cc1N. The van der Waals surface area contributed by atoms with E-state index in [2.05, 4.69) is 5.32 Å². The molecule has 1 amide bonds. The van der Waals surface area contributed by atoms with Crippen LogP contribution in [0.1, 0.15) is 28.6 Å². The van der Waals surface area contributed by atoms with Crippen molar-refractivity contribution in [2.45, 2.75) is 12.6 Å². The zero-order valence-corrected chi connectivity index (χ0v) is 18.7. The molecule has 0 aliphatic carbocycles. The fraction of sp³-hybridized carbons (Fsp3) is 0.148. The zero-order chi connectivity index (χ0) is 23.8. The van der Waals surface area contributed by atoms with Crippen LogP contribution in [0.3, 0.4) is 0 Å². The molecule has 1 unspecified atom stereocenters. The highest BCUT2D eigenvalue weighted by Crippen LogP contribution is 2.35. The van der Waals surface area contributed by atoms with Gasteiger partial charge in [0.25, 0.3) is 5.91 Å². The third-order valence-electron chi connectivity index (χ3n) is 6.36. The van der Waals surface area contributed by atoms with Gasteiger partial charge in [0.15, 0.2) is 6.23 Å². The molecule has 5 rings (SSSR count). The number of carbonyl (C=O) groups excluding carboxylic acids is 1. The number of anilines is 4. The molecule has 0 saturated heterocycles. The van der Waals surface area contributed by atoms with Crippen LogP contribution in [0.25, 0.3) is 21.9 Å². The first-order chi connectivity index (χ1) is 16.4. The average molecular weight is 454 g/mol. The van der Waals surface area contributed by atoms with Gasteiger partial charge in [-0.1, -0.05) is 42.5 Å². The van der Waals surface area contributed by atoms with Crippen LogP contribution in [0.15, 0.2) is 72.8 Å². The molecular weight excluding hydrogens is 426 g/mol. The zero-order valence-electron chi connectivity index (χ0n) is 18.7. The summed E-state index contributed by atoms with van der Waals surface area (Å²) in [6.45, 7) is 1.02. The highest BCUT2D eigenvalue weighted by atomic mass is 16.3. The number of nitrogens with one attached hydrogen (secondary N) is 1. The summed E-state index contributed by atoms with van der Waals surface area (Å²) in [5.74, 6) is -0.150. The quantitative estimate of drug-likeness (QED) is 0.220. The monoisotopic (exact) mass is 453 g/mol. The number of nitrogens with zero attached hydrogens (tertiary/aromatic N) is 1. The molecule has 4 aromatic carbocycles. The molecule has 1 heterocycles. The highest BCUT2D eigenvalue weighted by molar-refractivity contribution is 6.10. The first-order valence-electron chi connectivity index (χ1n) is 11.2. The Morgan fingerprint density at radius 1 is 0.853 bits per heavy atom. The molecule has 0 fully saturated rings. The summed E-state index contributed by atoms with van der Waals surface area (Å²) in [5.41, 5.74) is 23.8. The van der Waals surface area contributed by atoms with Crippen LogP contribution in [0, 0.1) is 0 Å². The van der Waals surface area contributed by atoms with Gasteiger partial charge in [-0.15, -0.1) is 0 Å². The van der Waals surface area contributed by atoms with Gasteiger partial charge in [0.1, 0.15) is 0 Å². The van der Waals surface area contributed by atoms with Crippen LogP contribution >= 0.6 is 0 Å². The molecule has 0 saturated carbocycles. The van der Waals surface area contributed by atoms with Crippen LogP contribution in [0.2, 0.25) is 0 Å². The van der Waals surface area contributed by atoms with Gasteiger partial charge in [-0.2, -0.15) is 0 Å². The van der Waals surface area contributed by atoms with Crippen LogP contribution in [0.4, 0.5) is 22.7 Å². The summed E-state index contributed by atoms with van der Waals surface area (Å²) in [6, 6.07) is 22.7. The molecule has 34 heavy (non-hydrogen) atoms. The van der Waals surface area contributed by atoms with Crippen LogP contribution < -0.4 is 22.5 Å². The standard InChI is InChI=1S/C27H27N5O2/c28-21-10-8-17(14-22(21)29)18-9-11-24(23(30)15-18)31-12-3-13-32-26(33)19-6-1-4-16-5-2-7-20(25(16)19)27(32)34/h1-2,4-11,14-15,26,31,33H,3,12-13,28-30H2. The number of nitrogens with two attached hydrogens (primary N) is 3. The fourth-order valence-corrected chi connectivity index (χ4v) is 4.55. The molecule has 1 aliphatic heterocycles. The first-order valence-corrected chi connectivity index (χ1v) is 11.2. The van der Waals surface area contributed by atoms with Crippen molar-refractivity contribution < 1.29 is 9.90 Å². The predicted molar refractivity (Wildman–Crippen MR) is 138 cm³/mol. The maximum absolute atomic E-state index is 13.1. The van der Waals surface area contributed by atoms with Gasteiger partial charge < -0.3 is 32.5 Å². The largest absolute Gasteiger partial charge is 0.397 e. The first kappa shape index (κ1) is 21.6. The minimum atomic E-state index is -0.956. The molecule has 0 radical (unpaired) electrons. The highest BCUT2D eigenvalue weighted by Gasteiger charge is 2.32. The number of hydrogen-bond acceptors (Lipinski definition) is 6. The smallest absolute Gasteiger partial charge is 0.256 e. The molecule has 0 aromatic heterocycles. The summed E-state index contributed by atoms with van der Waals surface area (Å²) in [6.07, 6.45) is -0.306. The number of aliphatic hydroxyl groups is 1. The van der Waals surface area contributed by atoms with Crippen molar-refractivity contribution in [1.29, 1.82) is 0 Å². The van der Waals surface area contributed by atoms with Crippen molar-refractivity contribution in [3.63, 3.8) is 0 Å². The van der Waals surface area contributed by atoms with Gasteiger partial charge in [0.05, 0.1) is 22.7 Å². The van der Waals surface area contributed by atoms with Crippen LogP contribution in [-0.4, -0.2) is 29.0 Å². The van der Waals surface area contributed by atoms with Gasteiger partial charge >= 0.3 is 0 Å². The van der Waals surface area contributed by atoms with Crippen molar-refractivity contribution in [1.82, 2.24) is 4.90 Å². The van der Waals surface area contributed by atoms with E-state index in [1.54, 1.807) is 6.07 Å². The number of rotatable bonds is 6. The van der Waals surface area contributed by atoms with E-state index in [0.717, 1.165) is 33.2 Å². The van der Waals surface area contributed by atoms with Crippen molar-refractivity contribution in [2.75, 3.05) is 35.6 Å². The summed E-state index contributed by atoms with van der Waals surface area (Å²) in [4.78, 5) is 14.6. The number of hydrogen-bond donors (Lipinski definition) is 5. The van der Waals surface area contributed by atoms with E-state index in [1.807, 2.05) is 66.7 Å². The topological polar surface area (TPSA) is 131 Å². The number of aliphatic hydroxyl groups excluding tert-OH is 1. The minimum absolute atomic E-state index is 0.150. The Kier molecular flexibility index (Phi) is 5.47. The van der Waals surface area contributed by atoms with Gasteiger partial charge in [-0.3, -0.25) is 4.79 Å². The third-order valence-corrected chi connectivity index (χ3v) is 6.36. The minimum Gasteiger partial charge on any atom is -0.397 e. The van der Waals surface area contributed by atoms with E-state index in [4.69, 9.17) is 17.2 Å². The predicted octanol–water partition coefficient (Wildman–Crippen LogP) is 4.20. The maximum atomic E-state index is 13.1. The number of nitrogen functional groups attached to an aromatic ring is 3. The Hall–Kier alpha value is -4.23. The molecule has 0 spiro atoms. The second kappa shape index (κ2) is 8.61. The molecule has 1 atom stereocenters. The van der Waals surface area contributed by atoms with E-state index in [9.17, 15) is 9.90 Å². The number of amides is 1.